The fourth-order valence-corrected chi connectivity index (χ4v) is 3.16. The molecule has 1 heterocycles. The van der Waals surface area contributed by atoms with Crippen molar-refractivity contribution in [2.24, 2.45) is 11.7 Å². The zero-order valence-corrected chi connectivity index (χ0v) is 10.9. The normalized spacial score (nSPS) is 31.0. The van der Waals surface area contributed by atoms with Crippen molar-refractivity contribution in [3.05, 3.63) is 0 Å². The van der Waals surface area contributed by atoms with Gasteiger partial charge in [-0.15, -0.1) is 0 Å². The fraction of sp³-hybridized carbons (Fsp3) is 0.929. The van der Waals surface area contributed by atoms with Crippen LogP contribution in [0.25, 0.3) is 0 Å². The van der Waals surface area contributed by atoms with Crippen LogP contribution in [0.1, 0.15) is 57.8 Å². The Labute approximate surface area is 105 Å². The molecule has 0 bridgehead atoms. The van der Waals surface area contributed by atoms with E-state index in [4.69, 9.17) is 5.73 Å². The van der Waals surface area contributed by atoms with Gasteiger partial charge in [0, 0.05) is 25.6 Å². The maximum atomic E-state index is 12.2. The molecule has 0 aromatic rings. The Morgan fingerprint density at radius 2 is 1.65 bits per heavy atom. The molecule has 2 fully saturated rings. The molecular formula is C14H26N2O. The lowest BCUT2D eigenvalue weighted by Gasteiger charge is -2.30. The Bertz CT molecular complexity index is 247. The van der Waals surface area contributed by atoms with Crippen molar-refractivity contribution in [1.29, 1.82) is 0 Å². The largest absolute Gasteiger partial charge is 0.343 e. The van der Waals surface area contributed by atoms with Gasteiger partial charge in [0.25, 0.3) is 0 Å². The third-order valence-corrected chi connectivity index (χ3v) is 4.36. The minimum absolute atomic E-state index is 0.264. The fourth-order valence-electron chi connectivity index (χ4n) is 3.16. The molecule has 3 heteroatoms. The van der Waals surface area contributed by atoms with Crippen LogP contribution in [-0.2, 0) is 4.79 Å². The van der Waals surface area contributed by atoms with Crippen molar-refractivity contribution in [1.82, 2.24) is 4.90 Å². The Hall–Kier alpha value is -0.570. The summed E-state index contributed by atoms with van der Waals surface area (Å²) in [5.41, 5.74) is 6.12. The first-order valence-corrected chi connectivity index (χ1v) is 7.31. The lowest BCUT2D eigenvalue weighted by molar-refractivity contribution is -0.132. The van der Waals surface area contributed by atoms with Crippen LogP contribution >= 0.6 is 0 Å². The summed E-state index contributed by atoms with van der Waals surface area (Å²) in [6, 6.07) is 0.264. The summed E-state index contributed by atoms with van der Waals surface area (Å²) >= 11 is 0. The molecule has 1 saturated heterocycles. The highest BCUT2D eigenvalue weighted by atomic mass is 16.2. The van der Waals surface area contributed by atoms with E-state index in [1.807, 2.05) is 0 Å². The van der Waals surface area contributed by atoms with Gasteiger partial charge in [-0.1, -0.05) is 25.7 Å². The number of hydrogen-bond acceptors (Lipinski definition) is 2. The zero-order chi connectivity index (χ0) is 12.1. The predicted molar refractivity (Wildman–Crippen MR) is 69.6 cm³/mol. The van der Waals surface area contributed by atoms with Gasteiger partial charge in [0.2, 0.25) is 5.91 Å². The topological polar surface area (TPSA) is 46.3 Å². The van der Waals surface area contributed by atoms with Crippen molar-refractivity contribution in [3.63, 3.8) is 0 Å². The van der Waals surface area contributed by atoms with Crippen molar-refractivity contribution in [2.45, 2.75) is 63.8 Å². The number of rotatable bonds is 2. The van der Waals surface area contributed by atoms with E-state index in [1.165, 1.54) is 38.5 Å². The van der Waals surface area contributed by atoms with E-state index in [0.717, 1.165) is 25.9 Å². The SMILES string of the molecule is NC1CCCCC1CC(=O)N1CCCCCC1. The van der Waals surface area contributed by atoms with Crippen molar-refractivity contribution in [2.75, 3.05) is 13.1 Å². The van der Waals surface area contributed by atoms with Gasteiger partial charge >= 0.3 is 0 Å². The van der Waals surface area contributed by atoms with E-state index in [9.17, 15) is 4.79 Å². The first-order chi connectivity index (χ1) is 8.27. The molecule has 1 aliphatic carbocycles. The molecule has 1 saturated carbocycles. The van der Waals surface area contributed by atoms with Crippen LogP contribution in [0.2, 0.25) is 0 Å². The van der Waals surface area contributed by atoms with Gasteiger partial charge in [-0.05, 0) is 31.6 Å². The Balaban J connectivity index is 1.82. The zero-order valence-electron chi connectivity index (χ0n) is 10.9. The third-order valence-electron chi connectivity index (χ3n) is 4.36. The smallest absolute Gasteiger partial charge is 0.222 e. The van der Waals surface area contributed by atoms with Crippen LogP contribution in [0.4, 0.5) is 0 Å². The monoisotopic (exact) mass is 238 g/mol. The molecule has 2 unspecified atom stereocenters. The molecular weight excluding hydrogens is 212 g/mol. The highest BCUT2D eigenvalue weighted by molar-refractivity contribution is 5.76. The molecule has 3 nitrogen and oxygen atoms in total. The van der Waals surface area contributed by atoms with Crippen LogP contribution in [0.15, 0.2) is 0 Å². The van der Waals surface area contributed by atoms with Crippen molar-refractivity contribution in [3.8, 4) is 0 Å². The number of nitrogens with zero attached hydrogens (tertiary/aromatic N) is 1. The van der Waals surface area contributed by atoms with E-state index in [0.29, 0.717) is 18.2 Å². The number of amides is 1. The van der Waals surface area contributed by atoms with Gasteiger partial charge in [0.15, 0.2) is 0 Å². The molecule has 2 rings (SSSR count). The minimum atomic E-state index is 0.264. The molecule has 0 aromatic heterocycles. The van der Waals surface area contributed by atoms with Gasteiger partial charge in [0.1, 0.15) is 0 Å². The molecule has 0 aromatic carbocycles. The molecule has 98 valence electrons. The molecule has 1 amide bonds. The van der Waals surface area contributed by atoms with Gasteiger partial charge in [-0.25, -0.2) is 0 Å². The second kappa shape index (κ2) is 6.39. The van der Waals surface area contributed by atoms with Crippen molar-refractivity contribution < 1.29 is 4.79 Å². The average molecular weight is 238 g/mol. The van der Waals surface area contributed by atoms with Crippen molar-refractivity contribution >= 4 is 5.91 Å². The maximum Gasteiger partial charge on any atom is 0.222 e. The molecule has 1 aliphatic heterocycles. The maximum absolute atomic E-state index is 12.2. The molecule has 0 spiro atoms. The lowest BCUT2D eigenvalue weighted by atomic mass is 9.82. The predicted octanol–water partition coefficient (Wildman–Crippen LogP) is 2.30. The summed E-state index contributed by atoms with van der Waals surface area (Å²) < 4.78 is 0. The summed E-state index contributed by atoms with van der Waals surface area (Å²) in [6.45, 7) is 1.95. The lowest BCUT2D eigenvalue weighted by Crippen LogP contribution is -2.39. The van der Waals surface area contributed by atoms with E-state index in [-0.39, 0.29) is 6.04 Å². The summed E-state index contributed by atoms with van der Waals surface area (Å²) in [6.07, 6.45) is 10.4. The second-order valence-corrected chi connectivity index (χ2v) is 5.71. The number of hydrogen-bond donors (Lipinski definition) is 1. The van der Waals surface area contributed by atoms with E-state index in [1.54, 1.807) is 0 Å². The number of carbonyl (C=O) groups is 1. The van der Waals surface area contributed by atoms with E-state index < -0.39 is 0 Å². The highest BCUT2D eigenvalue weighted by Crippen LogP contribution is 2.26. The van der Waals surface area contributed by atoms with Crippen LogP contribution < -0.4 is 5.73 Å². The summed E-state index contributed by atoms with van der Waals surface area (Å²) in [7, 11) is 0. The summed E-state index contributed by atoms with van der Waals surface area (Å²) in [4.78, 5) is 14.3. The number of likely N-dealkylation sites (tertiary alicyclic amines) is 1. The second-order valence-electron chi connectivity index (χ2n) is 5.71. The Morgan fingerprint density at radius 3 is 2.29 bits per heavy atom. The third kappa shape index (κ3) is 3.70. The minimum Gasteiger partial charge on any atom is -0.343 e. The average Bonchev–Trinajstić information content (AvgIpc) is 2.61. The standard InChI is InChI=1S/C14H26N2O/c15-13-8-4-3-7-12(13)11-14(17)16-9-5-1-2-6-10-16/h12-13H,1-11,15H2. The van der Waals surface area contributed by atoms with Gasteiger partial charge < -0.3 is 10.6 Å². The van der Waals surface area contributed by atoms with E-state index >= 15 is 0 Å². The molecule has 2 atom stereocenters. The Kier molecular flexibility index (Phi) is 4.84. The number of carbonyl (C=O) groups excluding carboxylic acids is 1. The molecule has 0 radical (unpaired) electrons. The quantitative estimate of drug-likeness (QED) is 0.802. The van der Waals surface area contributed by atoms with Gasteiger partial charge in [0.05, 0.1) is 0 Å². The van der Waals surface area contributed by atoms with Crippen LogP contribution in [-0.4, -0.2) is 29.9 Å². The molecule has 2 aliphatic rings. The molecule has 17 heavy (non-hydrogen) atoms. The highest BCUT2D eigenvalue weighted by Gasteiger charge is 2.26. The van der Waals surface area contributed by atoms with Crippen LogP contribution in [0.5, 0.6) is 0 Å². The first kappa shape index (κ1) is 12.9. The van der Waals surface area contributed by atoms with Gasteiger partial charge in [-0.3, -0.25) is 4.79 Å². The molecule has 2 N–H and O–H groups in total. The van der Waals surface area contributed by atoms with Crippen LogP contribution in [0, 0.1) is 5.92 Å². The van der Waals surface area contributed by atoms with Gasteiger partial charge in [-0.2, -0.15) is 0 Å². The summed E-state index contributed by atoms with van der Waals surface area (Å²) in [5.74, 6) is 0.800. The summed E-state index contributed by atoms with van der Waals surface area (Å²) in [5, 5.41) is 0. The first-order valence-electron chi connectivity index (χ1n) is 7.31. The number of nitrogens with two attached hydrogens (primary N) is 1. The van der Waals surface area contributed by atoms with E-state index in [2.05, 4.69) is 4.90 Å². The Morgan fingerprint density at radius 1 is 1.00 bits per heavy atom. The van der Waals surface area contributed by atoms with Crippen LogP contribution in [0.3, 0.4) is 0 Å².